The van der Waals surface area contributed by atoms with Gasteiger partial charge in [0.1, 0.15) is 11.9 Å². The molecule has 0 atom stereocenters. The van der Waals surface area contributed by atoms with Crippen molar-refractivity contribution in [1.29, 1.82) is 0 Å². The van der Waals surface area contributed by atoms with Gasteiger partial charge in [0, 0.05) is 28.2 Å². The molecule has 0 N–H and O–H groups in total. The van der Waals surface area contributed by atoms with E-state index in [0.717, 1.165) is 16.6 Å². The fourth-order valence-corrected chi connectivity index (χ4v) is 2.67. The predicted molar refractivity (Wildman–Crippen MR) is 93.8 cm³/mol. The van der Waals surface area contributed by atoms with Gasteiger partial charge < -0.3 is 0 Å². The molecule has 0 fully saturated rings. The molecule has 0 bridgehead atoms. The molecule has 122 valence electrons. The molecule has 1 aromatic carbocycles. The summed E-state index contributed by atoms with van der Waals surface area (Å²) in [4.78, 5) is 18.8. The average molecular weight is 352 g/mol. The smallest absolute Gasteiger partial charge is 0.258 e. The first-order valence-corrected chi connectivity index (χ1v) is 7.72. The molecule has 3 heterocycles. The van der Waals surface area contributed by atoms with E-state index in [9.17, 15) is 10.1 Å². The number of pyridine rings is 2. The van der Waals surface area contributed by atoms with Crippen molar-refractivity contribution in [3.05, 3.63) is 76.1 Å². The number of aromatic nitrogens is 4. The molecule has 0 saturated carbocycles. The number of hydrogen-bond acceptors (Lipinski definition) is 5. The third-order valence-electron chi connectivity index (χ3n) is 3.72. The molecule has 0 spiro atoms. The largest absolute Gasteiger partial charge is 0.287 e. The lowest BCUT2D eigenvalue weighted by Gasteiger charge is -2.00. The molecule has 0 aliphatic heterocycles. The first kappa shape index (κ1) is 15.2. The molecule has 7 nitrogen and oxygen atoms in total. The lowest BCUT2D eigenvalue weighted by Crippen LogP contribution is -2.01. The van der Waals surface area contributed by atoms with Crippen LogP contribution in [-0.4, -0.2) is 24.7 Å². The molecular formula is C17H10ClN5O2. The molecule has 3 aromatic heterocycles. The zero-order valence-electron chi connectivity index (χ0n) is 12.7. The summed E-state index contributed by atoms with van der Waals surface area (Å²) in [5, 5.41) is 16.9. The van der Waals surface area contributed by atoms with Crippen LogP contribution in [0.15, 0.2) is 60.9 Å². The van der Waals surface area contributed by atoms with E-state index < -0.39 is 4.92 Å². The predicted octanol–water partition coefficient (Wildman–Crippen LogP) is 4.04. The molecule has 4 rings (SSSR count). The van der Waals surface area contributed by atoms with E-state index in [0.29, 0.717) is 16.5 Å². The third kappa shape index (κ3) is 2.70. The Morgan fingerprint density at radius 3 is 2.52 bits per heavy atom. The third-order valence-corrected chi connectivity index (χ3v) is 3.97. The highest BCUT2D eigenvalue weighted by Gasteiger charge is 2.16. The van der Waals surface area contributed by atoms with E-state index in [-0.39, 0.29) is 5.69 Å². The van der Waals surface area contributed by atoms with Crippen molar-refractivity contribution in [2.75, 3.05) is 0 Å². The van der Waals surface area contributed by atoms with Gasteiger partial charge in [-0.05, 0) is 30.3 Å². The lowest BCUT2D eigenvalue weighted by atomic mass is 10.1. The van der Waals surface area contributed by atoms with Crippen molar-refractivity contribution in [2.45, 2.75) is 0 Å². The molecule has 25 heavy (non-hydrogen) atoms. The minimum absolute atomic E-state index is 0.0777. The minimum atomic E-state index is -0.491. The second kappa shape index (κ2) is 5.95. The van der Waals surface area contributed by atoms with E-state index >= 15 is 0 Å². The van der Waals surface area contributed by atoms with E-state index in [1.54, 1.807) is 29.1 Å². The van der Waals surface area contributed by atoms with Gasteiger partial charge in [-0.3, -0.25) is 10.1 Å². The van der Waals surface area contributed by atoms with Gasteiger partial charge in [0.15, 0.2) is 11.5 Å². The van der Waals surface area contributed by atoms with Crippen molar-refractivity contribution in [1.82, 2.24) is 19.7 Å². The van der Waals surface area contributed by atoms with Crippen LogP contribution in [0.2, 0.25) is 5.02 Å². The summed E-state index contributed by atoms with van der Waals surface area (Å²) in [5.41, 5.74) is 2.17. The Kier molecular flexibility index (Phi) is 3.62. The number of nitro groups is 1. The zero-order valence-corrected chi connectivity index (χ0v) is 13.5. The van der Waals surface area contributed by atoms with Gasteiger partial charge in [-0.2, -0.15) is 9.78 Å². The van der Waals surface area contributed by atoms with Gasteiger partial charge in [0.2, 0.25) is 0 Å². The van der Waals surface area contributed by atoms with Gasteiger partial charge in [-0.15, -0.1) is 0 Å². The molecule has 0 amide bonds. The summed E-state index contributed by atoms with van der Waals surface area (Å²) < 4.78 is 1.57. The number of rotatable bonds is 3. The first-order chi connectivity index (χ1) is 12.1. The van der Waals surface area contributed by atoms with Crippen molar-refractivity contribution < 1.29 is 4.92 Å². The Morgan fingerprint density at radius 2 is 1.84 bits per heavy atom. The fraction of sp³-hybridized carbons (Fsp3) is 0. The summed E-state index contributed by atoms with van der Waals surface area (Å²) in [6.45, 7) is 0. The van der Waals surface area contributed by atoms with Crippen molar-refractivity contribution >= 4 is 28.3 Å². The number of nitrogens with zero attached hydrogens (tertiary/aromatic N) is 5. The lowest BCUT2D eigenvalue weighted by molar-refractivity contribution is -0.385. The standard InChI is InChI=1S/C17H10ClN5O2/c18-12-5-3-11(4-6-12)16-14-2-1-9-19-17(14)22(21-16)15-8-7-13(10-20-15)23(24)25/h1-10H. The van der Waals surface area contributed by atoms with Crippen LogP contribution in [0.3, 0.4) is 0 Å². The summed E-state index contributed by atoms with van der Waals surface area (Å²) in [6.07, 6.45) is 2.87. The van der Waals surface area contributed by atoms with Gasteiger partial charge in [0.25, 0.3) is 5.69 Å². The molecule has 0 aliphatic carbocycles. The normalized spacial score (nSPS) is 10.9. The highest BCUT2D eigenvalue weighted by Crippen LogP contribution is 2.29. The van der Waals surface area contributed by atoms with E-state index in [1.807, 2.05) is 24.3 Å². The van der Waals surface area contributed by atoms with Gasteiger partial charge in [-0.1, -0.05) is 23.7 Å². The molecule has 0 saturated heterocycles. The van der Waals surface area contributed by atoms with Crippen LogP contribution < -0.4 is 0 Å². The quantitative estimate of drug-likeness (QED) is 0.410. The summed E-state index contributed by atoms with van der Waals surface area (Å²) in [7, 11) is 0. The number of hydrogen-bond donors (Lipinski definition) is 0. The van der Waals surface area contributed by atoms with Crippen LogP contribution in [0.5, 0.6) is 0 Å². The topological polar surface area (TPSA) is 86.7 Å². The molecule has 0 radical (unpaired) electrons. The zero-order chi connectivity index (χ0) is 17.4. The van der Waals surface area contributed by atoms with Crippen LogP contribution >= 0.6 is 11.6 Å². The maximum atomic E-state index is 10.8. The molecule has 8 heteroatoms. The Morgan fingerprint density at radius 1 is 1.04 bits per heavy atom. The highest BCUT2D eigenvalue weighted by atomic mass is 35.5. The minimum Gasteiger partial charge on any atom is -0.258 e. The van der Waals surface area contributed by atoms with E-state index in [2.05, 4.69) is 15.1 Å². The maximum absolute atomic E-state index is 10.8. The number of halogens is 1. The number of benzene rings is 1. The summed E-state index contributed by atoms with van der Waals surface area (Å²) >= 11 is 5.96. The molecule has 4 aromatic rings. The van der Waals surface area contributed by atoms with Crippen molar-refractivity contribution in [3.8, 4) is 17.1 Å². The van der Waals surface area contributed by atoms with E-state index in [4.69, 9.17) is 11.6 Å². The monoisotopic (exact) mass is 351 g/mol. The highest BCUT2D eigenvalue weighted by molar-refractivity contribution is 6.30. The van der Waals surface area contributed by atoms with Crippen LogP contribution in [0.1, 0.15) is 0 Å². The second-order valence-electron chi connectivity index (χ2n) is 5.27. The number of fused-ring (bicyclic) bond motifs is 1. The Hall–Kier alpha value is -3.32. The van der Waals surface area contributed by atoms with Crippen molar-refractivity contribution in [2.24, 2.45) is 0 Å². The Balaban J connectivity index is 1.90. The molecular weight excluding hydrogens is 342 g/mol. The van der Waals surface area contributed by atoms with Gasteiger partial charge in [-0.25, -0.2) is 9.97 Å². The van der Waals surface area contributed by atoms with Crippen LogP contribution in [-0.2, 0) is 0 Å². The van der Waals surface area contributed by atoms with Gasteiger partial charge in [0.05, 0.1) is 4.92 Å². The van der Waals surface area contributed by atoms with E-state index in [1.165, 1.54) is 12.3 Å². The first-order valence-electron chi connectivity index (χ1n) is 7.34. The molecule has 0 unspecified atom stereocenters. The molecule has 0 aliphatic rings. The average Bonchev–Trinajstić information content (AvgIpc) is 3.02. The van der Waals surface area contributed by atoms with Gasteiger partial charge >= 0.3 is 0 Å². The van der Waals surface area contributed by atoms with Crippen molar-refractivity contribution in [3.63, 3.8) is 0 Å². The summed E-state index contributed by atoms with van der Waals surface area (Å²) in [6, 6.07) is 14.0. The Labute approximate surface area is 146 Å². The SMILES string of the molecule is O=[N+]([O-])c1ccc(-n2nc(-c3ccc(Cl)cc3)c3cccnc32)nc1. The second-order valence-corrected chi connectivity index (χ2v) is 5.71. The summed E-state index contributed by atoms with van der Waals surface area (Å²) in [5.74, 6) is 0.453. The maximum Gasteiger partial charge on any atom is 0.287 e. The van der Waals surface area contributed by atoms with Crippen LogP contribution in [0.25, 0.3) is 28.1 Å². The fourth-order valence-electron chi connectivity index (χ4n) is 2.54. The van der Waals surface area contributed by atoms with Crippen LogP contribution in [0.4, 0.5) is 5.69 Å². The Bertz CT molecular complexity index is 1070. The van der Waals surface area contributed by atoms with Crippen LogP contribution in [0, 0.1) is 10.1 Å².